The van der Waals surface area contributed by atoms with Gasteiger partial charge in [-0.3, -0.25) is 4.79 Å². The molecule has 21 heavy (non-hydrogen) atoms. The minimum atomic E-state index is 0.241. The first-order valence-corrected chi connectivity index (χ1v) is 7.00. The van der Waals surface area contributed by atoms with Crippen LogP contribution in [0.1, 0.15) is 36.5 Å². The second-order valence-electron chi connectivity index (χ2n) is 4.41. The van der Waals surface area contributed by atoms with Gasteiger partial charge in [0.2, 0.25) is 0 Å². The van der Waals surface area contributed by atoms with Gasteiger partial charge >= 0.3 is 0 Å². The summed E-state index contributed by atoms with van der Waals surface area (Å²) in [6.07, 6.45) is 3.23. The summed E-state index contributed by atoms with van der Waals surface area (Å²) in [7, 11) is 0. The maximum atomic E-state index is 11.1. The molecular formula is C15H19N3O3. The summed E-state index contributed by atoms with van der Waals surface area (Å²) in [5.74, 6) is 1.73. The van der Waals surface area contributed by atoms with Crippen LogP contribution in [0.25, 0.3) is 0 Å². The zero-order chi connectivity index (χ0) is 15.1. The molecule has 0 aliphatic rings. The molecule has 0 spiro atoms. The van der Waals surface area contributed by atoms with E-state index in [1.54, 1.807) is 22.9 Å². The highest BCUT2D eigenvalue weighted by Gasteiger charge is 2.12. The lowest BCUT2D eigenvalue weighted by Gasteiger charge is -2.13. The van der Waals surface area contributed by atoms with E-state index in [0.717, 1.165) is 25.1 Å². The van der Waals surface area contributed by atoms with Gasteiger partial charge in [-0.25, -0.2) is 9.67 Å². The Morgan fingerprint density at radius 2 is 2.14 bits per heavy atom. The Morgan fingerprint density at radius 1 is 1.29 bits per heavy atom. The second-order valence-corrected chi connectivity index (χ2v) is 4.41. The number of aryl methyl sites for hydroxylation is 1. The predicted molar refractivity (Wildman–Crippen MR) is 77.6 cm³/mol. The third-order valence-corrected chi connectivity index (χ3v) is 2.91. The largest absolute Gasteiger partial charge is 0.490 e. The van der Waals surface area contributed by atoms with E-state index in [2.05, 4.69) is 17.0 Å². The molecule has 6 heteroatoms. The standard InChI is InChI=1S/C15H19N3O3/c1-3-8-18-14(16-11-17-18)10-21-15-12(9-19)6-5-7-13(15)20-4-2/h5-7,9,11H,3-4,8,10H2,1-2H3. The topological polar surface area (TPSA) is 66.2 Å². The van der Waals surface area contributed by atoms with Crippen molar-refractivity contribution in [3.63, 3.8) is 0 Å². The van der Waals surface area contributed by atoms with Gasteiger partial charge < -0.3 is 9.47 Å². The number of hydrogen-bond acceptors (Lipinski definition) is 5. The minimum Gasteiger partial charge on any atom is -0.490 e. The maximum absolute atomic E-state index is 11.1. The Kier molecular flexibility index (Phi) is 5.31. The molecule has 0 aliphatic heterocycles. The zero-order valence-electron chi connectivity index (χ0n) is 12.3. The highest BCUT2D eigenvalue weighted by molar-refractivity contribution is 5.81. The molecule has 0 saturated heterocycles. The van der Waals surface area contributed by atoms with Crippen LogP contribution >= 0.6 is 0 Å². The van der Waals surface area contributed by atoms with E-state index >= 15 is 0 Å². The number of nitrogens with zero attached hydrogens (tertiary/aromatic N) is 3. The molecule has 1 heterocycles. The van der Waals surface area contributed by atoms with Crippen molar-refractivity contribution in [1.82, 2.24) is 14.8 Å². The first-order chi connectivity index (χ1) is 10.3. The van der Waals surface area contributed by atoms with Gasteiger partial charge in [-0.15, -0.1) is 0 Å². The maximum Gasteiger partial charge on any atom is 0.172 e. The molecular weight excluding hydrogens is 270 g/mol. The van der Waals surface area contributed by atoms with Crippen molar-refractivity contribution in [2.75, 3.05) is 6.61 Å². The number of aromatic nitrogens is 3. The summed E-state index contributed by atoms with van der Waals surface area (Å²) in [4.78, 5) is 15.3. The Labute approximate surface area is 123 Å². The molecule has 0 radical (unpaired) electrons. The summed E-state index contributed by atoms with van der Waals surface area (Å²) in [6.45, 7) is 5.48. The quantitative estimate of drug-likeness (QED) is 0.698. The predicted octanol–water partition coefficient (Wildman–Crippen LogP) is 2.48. The van der Waals surface area contributed by atoms with E-state index in [9.17, 15) is 4.79 Å². The van der Waals surface area contributed by atoms with Crippen molar-refractivity contribution in [3.05, 3.63) is 35.9 Å². The number of carbonyl (C=O) groups excluding carboxylic acids is 1. The molecule has 2 rings (SSSR count). The van der Waals surface area contributed by atoms with Gasteiger partial charge in [0, 0.05) is 6.54 Å². The fourth-order valence-electron chi connectivity index (χ4n) is 1.98. The van der Waals surface area contributed by atoms with Crippen LogP contribution in [0, 0.1) is 0 Å². The lowest BCUT2D eigenvalue weighted by molar-refractivity contribution is 0.111. The Morgan fingerprint density at radius 3 is 2.86 bits per heavy atom. The van der Waals surface area contributed by atoms with Crippen molar-refractivity contribution < 1.29 is 14.3 Å². The second kappa shape index (κ2) is 7.42. The molecule has 0 fully saturated rings. The SMILES string of the molecule is CCCn1ncnc1COc1c(C=O)cccc1OCC. The number of carbonyl (C=O) groups is 1. The molecule has 0 atom stereocenters. The fourth-order valence-corrected chi connectivity index (χ4v) is 1.98. The molecule has 2 aromatic rings. The van der Waals surface area contributed by atoms with Crippen LogP contribution in [-0.2, 0) is 13.2 Å². The lowest BCUT2D eigenvalue weighted by atomic mass is 10.2. The summed E-state index contributed by atoms with van der Waals surface area (Å²) >= 11 is 0. The molecule has 112 valence electrons. The zero-order valence-corrected chi connectivity index (χ0v) is 12.3. The molecule has 0 bridgehead atoms. The monoisotopic (exact) mass is 289 g/mol. The Hall–Kier alpha value is -2.37. The number of hydrogen-bond donors (Lipinski definition) is 0. The molecule has 1 aromatic carbocycles. The summed E-state index contributed by atoms with van der Waals surface area (Å²) in [6, 6.07) is 5.24. The van der Waals surface area contributed by atoms with Crippen molar-refractivity contribution in [1.29, 1.82) is 0 Å². The van der Waals surface area contributed by atoms with Crippen LogP contribution in [0.5, 0.6) is 11.5 Å². The number of para-hydroxylation sites is 1. The van der Waals surface area contributed by atoms with E-state index in [1.165, 1.54) is 6.33 Å². The number of benzene rings is 1. The number of rotatable bonds is 8. The first kappa shape index (κ1) is 15.0. The molecule has 0 aliphatic carbocycles. The summed E-state index contributed by atoms with van der Waals surface area (Å²) < 4.78 is 13.1. The molecule has 0 N–H and O–H groups in total. The van der Waals surface area contributed by atoms with Gasteiger partial charge in [0.15, 0.2) is 23.6 Å². The number of ether oxygens (including phenoxy) is 2. The van der Waals surface area contributed by atoms with Crippen molar-refractivity contribution in [2.45, 2.75) is 33.4 Å². The average molecular weight is 289 g/mol. The first-order valence-electron chi connectivity index (χ1n) is 7.00. The van der Waals surface area contributed by atoms with E-state index in [0.29, 0.717) is 23.7 Å². The fraction of sp³-hybridized carbons (Fsp3) is 0.400. The normalized spacial score (nSPS) is 10.4. The molecule has 6 nitrogen and oxygen atoms in total. The van der Waals surface area contributed by atoms with Crippen molar-refractivity contribution >= 4 is 6.29 Å². The van der Waals surface area contributed by atoms with Gasteiger partial charge in [-0.2, -0.15) is 5.10 Å². The lowest BCUT2D eigenvalue weighted by Crippen LogP contribution is -2.10. The average Bonchev–Trinajstić information content (AvgIpc) is 2.94. The number of aldehydes is 1. The highest BCUT2D eigenvalue weighted by Crippen LogP contribution is 2.31. The van der Waals surface area contributed by atoms with Gasteiger partial charge in [-0.1, -0.05) is 13.0 Å². The molecule has 0 saturated carbocycles. The molecule has 1 aromatic heterocycles. The van der Waals surface area contributed by atoms with E-state index < -0.39 is 0 Å². The summed E-state index contributed by atoms with van der Waals surface area (Å²) in [5.41, 5.74) is 0.461. The smallest absolute Gasteiger partial charge is 0.172 e. The van der Waals surface area contributed by atoms with Crippen LogP contribution in [0.3, 0.4) is 0 Å². The third-order valence-electron chi connectivity index (χ3n) is 2.91. The van der Waals surface area contributed by atoms with Gasteiger partial charge in [0.25, 0.3) is 0 Å². The van der Waals surface area contributed by atoms with E-state index in [-0.39, 0.29) is 6.61 Å². The van der Waals surface area contributed by atoms with Crippen LogP contribution in [0.4, 0.5) is 0 Å². The Bertz CT molecular complexity index is 596. The minimum absolute atomic E-state index is 0.241. The summed E-state index contributed by atoms with van der Waals surface area (Å²) in [5, 5.41) is 4.14. The van der Waals surface area contributed by atoms with E-state index in [4.69, 9.17) is 9.47 Å². The third kappa shape index (κ3) is 3.59. The van der Waals surface area contributed by atoms with Crippen LogP contribution in [-0.4, -0.2) is 27.7 Å². The van der Waals surface area contributed by atoms with Crippen molar-refractivity contribution in [2.24, 2.45) is 0 Å². The van der Waals surface area contributed by atoms with E-state index in [1.807, 2.05) is 6.92 Å². The van der Waals surface area contributed by atoms with Crippen LogP contribution in [0.2, 0.25) is 0 Å². The van der Waals surface area contributed by atoms with Gasteiger partial charge in [0.05, 0.1) is 12.2 Å². The molecule has 0 unspecified atom stereocenters. The van der Waals surface area contributed by atoms with Crippen LogP contribution < -0.4 is 9.47 Å². The van der Waals surface area contributed by atoms with Crippen molar-refractivity contribution in [3.8, 4) is 11.5 Å². The molecule has 0 amide bonds. The highest BCUT2D eigenvalue weighted by atomic mass is 16.5. The van der Waals surface area contributed by atoms with Crippen LogP contribution in [0.15, 0.2) is 24.5 Å². The Balaban J connectivity index is 2.18. The van der Waals surface area contributed by atoms with Gasteiger partial charge in [-0.05, 0) is 25.5 Å². The van der Waals surface area contributed by atoms with Gasteiger partial charge in [0.1, 0.15) is 12.9 Å².